The van der Waals surface area contributed by atoms with Gasteiger partial charge < -0.3 is 4.90 Å². The molecule has 1 aliphatic rings. The molecule has 0 aliphatic carbocycles. The van der Waals surface area contributed by atoms with Gasteiger partial charge in [0.2, 0.25) is 10.0 Å². The van der Waals surface area contributed by atoms with Gasteiger partial charge in [-0.15, -0.1) is 0 Å². The smallest absolute Gasteiger partial charge is 0.270 e. The lowest BCUT2D eigenvalue weighted by Gasteiger charge is -2.30. The Labute approximate surface area is 136 Å². The van der Waals surface area contributed by atoms with E-state index in [1.165, 1.54) is 31.0 Å². The van der Waals surface area contributed by atoms with Crippen molar-refractivity contribution in [1.29, 1.82) is 0 Å². The molecule has 2 rings (SSSR count). The molecule has 0 radical (unpaired) electrons. The number of nitro benzene ring substituents is 1. The van der Waals surface area contributed by atoms with E-state index < -0.39 is 14.9 Å². The molecule has 128 valence electrons. The van der Waals surface area contributed by atoms with Crippen LogP contribution >= 0.6 is 0 Å². The second-order valence-corrected chi connectivity index (χ2v) is 7.80. The molecule has 1 aromatic rings. The van der Waals surface area contributed by atoms with Crippen LogP contribution in [0.3, 0.4) is 0 Å². The number of hydrogen-bond donors (Lipinski definition) is 1. The molecular formula is C15H23N3O4S. The monoisotopic (exact) mass is 341 g/mol. The fourth-order valence-electron chi connectivity index (χ4n) is 2.64. The molecule has 8 heteroatoms. The Kier molecular flexibility index (Phi) is 6.09. The fourth-order valence-corrected chi connectivity index (χ4v) is 3.76. The summed E-state index contributed by atoms with van der Waals surface area (Å²) in [5, 5.41) is 10.7. The van der Waals surface area contributed by atoms with E-state index in [1.54, 1.807) is 0 Å². The molecule has 1 aliphatic heterocycles. The van der Waals surface area contributed by atoms with E-state index in [-0.39, 0.29) is 10.6 Å². The van der Waals surface area contributed by atoms with Gasteiger partial charge in [-0.2, -0.15) is 0 Å². The number of nitro groups is 1. The Hall–Kier alpha value is -1.51. The lowest BCUT2D eigenvalue weighted by Crippen LogP contribution is -2.35. The molecule has 23 heavy (non-hydrogen) atoms. The van der Waals surface area contributed by atoms with Gasteiger partial charge in [-0.25, -0.2) is 13.1 Å². The van der Waals surface area contributed by atoms with E-state index in [0.717, 1.165) is 38.0 Å². The third kappa shape index (κ3) is 5.26. The number of benzene rings is 1. The highest BCUT2D eigenvalue weighted by molar-refractivity contribution is 7.89. The van der Waals surface area contributed by atoms with E-state index in [0.29, 0.717) is 6.54 Å². The van der Waals surface area contributed by atoms with E-state index in [1.807, 2.05) is 0 Å². The standard InChI is InChI=1S/C15H23N3O4S/c1-13-6-10-17(11-7-13)9-3-8-16-23(21,22)15-5-2-4-14(12-15)18(19)20/h2,4-5,12-13,16H,3,6-11H2,1H3. The van der Waals surface area contributed by atoms with Gasteiger partial charge in [0.25, 0.3) is 5.69 Å². The number of nitrogens with one attached hydrogen (secondary N) is 1. The van der Waals surface area contributed by atoms with Crippen molar-refractivity contribution in [3.63, 3.8) is 0 Å². The number of piperidine rings is 1. The minimum Gasteiger partial charge on any atom is -0.303 e. The third-order valence-electron chi connectivity index (χ3n) is 4.16. The molecule has 1 N–H and O–H groups in total. The van der Waals surface area contributed by atoms with Gasteiger partial charge >= 0.3 is 0 Å². The zero-order chi connectivity index (χ0) is 16.9. The summed E-state index contributed by atoms with van der Waals surface area (Å²) in [6, 6.07) is 5.09. The summed E-state index contributed by atoms with van der Waals surface area (Å²) in [6.07, 6.45) is 3.11. The molecule has 1 fully saturated rings. The Morgan fingerprint density at radius 3 is 2.70 bits per heavy atom. The van der Waals surface area contributed by atoms with Crippen molar-refractivity contribution in [3.05, 3.63) is 34.4 Å². The van der Waals surface area contributed by atoms with Crippen LogP contribution in [-0.4, -0.2) is 44.4 Å². The molecule has 1 aromatic carbocycles. The maximum absolute atomic E-state index is 12.2. The van der Waals surface area contributed by atoms with Gasteiger partial charge in [0.15, 0.2) is 0 Å². The number of likely N-dealkylation sites (tertiary alicyclic amines) is 1. The predicted octanol–water partition coefficient (Wildman–Crippen LogP) is 2.00. The van der Waals surface area contributed by atoms with Crippen molar-refractivity contribution in [1.82, 2.24) is 9.62 Å². The molecule has 0 saturated carbocycles. The van der Waals surface area contributed by atoms with Gasteiger partial charge in [-0.05, 0) is 50.9 Å². The highest BCUT2D eigenvalue weighted by atomic mass is 32.2. The molecule has 7 nitrogen and oxygen atoms in total. The van der Waals surface area contributed by atoms with E-state index in [4.69, 9.17) is 0 Å². The Balaban J connectivity index is 1.82. The van der Waals surface area contributed by atoms with Crippen LogP contribution in [0.1, 0.15) is 26.2 Å². The van der Waals surface area contributed by atoms with Crippen molar-refractivity contribution in [2.75, 3.05) is 26.2 Å². The van der Waals surface area contributed by atoms with E-state index in [9.17, 15) is 18.5 Å². The van der Waals surface area contributed by atoms with Crippen LogP contribution in [0, 0.1) is 16.0 Å². The van der Waals surface area contributed by atoms with Crippen LogP contribution in [0.5, 0.6) is 0 Å². The van der Waals surface area contributed by atoms with Crippen molar-refractivity contribution in [3.8, 4) is 0 Å². The van der Waals surface area contributed by atoms with E-state index in [2.05, 4.69) is 16.5 Å². The van der Waals surface area contributed by atoms with Gasteiger partial charge in [-0.3, -0.25) is 10.1 Å². The van der Waals surface area contributed by atoms with Gasteiger partial charge in [0.1, 0.15) is 0 Å². The maximum atomic E-state index is 12.2. The molecule has 0 unspecified atom stereocenters. The van der Waals surface area contributed by atoms with Crippen LogP contribution in [0.4, 0.5) is 5.69 Å². The number of sulfonamides is 1. The SMILES string of the molecule is CC1CCN(CCCNS(=O)(=O)c2cccc([N+](=O)[O-])c2)CC1. The Bertz CT molecular complexity index is 640. The summed E-state index contributed by atoms with van der Waals surface area (Å²) in [7, 11) is -3.70. The highest BCUT2D eigenvalue weighted by Crippen LogP contribution is 2.17. The van der Waals surface area contributed by atoms with Crippen molar-refractivity contribution >= 4 is 15.7 Å². The normalized spacial score (nSPS) is 17.3. The zero-order valence-electron chi connectivity index (χ0n) is 13.3. The Morgan fingerprint density at radius 1 is 1.35 bits per heavy atom. The number of rotatable bonds is 7. The molecule has 0 aromatic heterocycles. The van der Waals surface area contributed by atoms with Gasteiger partial charge in [0, 0.05) is 18.7 Å². The number of nitrogens with zero attached hydrogens (tertiary/aromatic N) is 2. The maximum Gasteiger partial charge on any atom is 0.270 e. The lowest BCUT2D eigenvalue weighted by molar-refractivity contribution is -0.385. The summed E-state index contributed by atoms with van der Waals surface area (Å²) >= 11 is 0. The zero-order valence-corrected chi connectivity index (χ0v) is 14.1. The average molecular weight is 341 g/mol. The first-order chi connectivity index (χ1) is 10.9. The van der Waals surface area contributed by atoms with Gasteiger partial charge in [0.05, 0.1) is 9.82 Å². The van der Waals surface area contributed by atoms with Crippen LogP contribution < -0.4 is 4.72 Å². The topological polar surface area (TPSA) is 92.6 Å². The van der Waals surface area contributed by atoms with Crippen LogP contribution in [0.2, 0.25) is 0 Å². The van der Waals surface area contributed by atoms with Crippen LogP contribution in [-0.2, 0) is 10.0 Å². The highest BCUT2D eigenvalue weighted by Gasteiger charge is 2.18. The van der Waals surface area contributed by atoms with Crippen LogP contribution in [0.25, 0.3) is 0 Å². The summed E-state index contributed by atoms with van der Waals surface area (Å²) in [5.74, 6) is 0.777. The summed E-state index contributed by atoms with van der Waals surface area (Å²) in [6.45, 7) is 5.59. The number of non-ortho nitro benzene ring substituents is 1. The molecule has 0 bridgehead atoms. The first-order valence-corrected chi connectivity index (χ1v) is 9.33. The second-order valence-electron chi connectivity index (χ2n) is 6.03. The fraction of sp³-hybridized carbons (Fsp3) is 0.600. The molecular weight excluding hydrogens is 318 g/mol. The summed E-state index contributed by atoms with van der Waals surface area (Å²) in [5.41, 5.74) is -0.227. The molecule has 0 spiro atoms. The van der Waals surface area contributed by atoms with Crippen LogP contribution in [0.15, 0.2) is 29.2 Å². The second kappa shape index (κ2) is 7.85. The van der Waals surface area contributed by atoms with Crippen molar-refractivity contribution < 1.29 is 13.3 Å². The third-order valence-corrected chi connectivity index (χ3v) is 5.62. The Morgan fingerprint density at radius 2 is 2.04 bits per heavy atom. The minimum absolute atomic E-state index is 0.0708. The molecule has 0 amide bonds. The molecule has 0 atom stereocenters. The summed E-state index contributed by atoms with van der Waals surface area (Å²) < 4.78 is 26.8. The quantitative estimate of drug-likeness (QED) is 0.465. The average Bonchev–Trinajstić information content (AvgIpc) is 2.53. The lowest BCUT2D eigenvalue weighted by atomic mass is 9.99. The largest absolute Gasteiger partial charge is 0.303 e. The summed E-state index contributed by atoms with van der Waals surface area (Å²) in [4.78, 5) is 12.4. The molecule has 1 heterocycles. The number of hydrogen-bond acceptors (Lipinski definition) is 5. The first-order valence-electron chi connectivity index (χ1n) is 7.85. The van der Waals surface area contributed by atoms with Crippen molar-refractivity contribution in [2.24, 2.45) is 5.92 Å². The first kappa shape index (κ1) is 17.8. The molecule has 1 saturated heterocycles. The van der Waals surface area contributed by atoms with Crippen molar-refractivity contribution in [2.45, 2.75) is 31.1 Å². The minimum atomic E-state index is -3.70. The van der Waals surface area contributed by atoms with Gasteiger partial charge in [-0.1, -0.05) is 13.0 Å². The van der Waals surface area contributed by atoms with E-state index >= 15 is 0 Å². The predicted molar refractivity (Wildman–Crippen MR) is 87.7 cm³/mol.